The molecular formula is C7H11ClN2O. The van der Waals surface area contributed by atoms with Crippen LogP contribution in [0.2, 0.25) is 0 Å². The van der Waals surface area contributed by atoms with Gasteiger partial charge in [0.25, 0.3) is 0 Å². The number of nitrogens with zero attached hydrogens (tertiary/aromatic N) is 2. The molecule has 0 aliphatic carbocycles. The molecule has 0 aliphatic heterocycles. The van der Waals surface area contributed by atoms with Crippen LogP contribution < -0.4 is 0 Å². The highest BCUT2D eigenvalue weighted by molar-refractivity contribution is 6.18. The summed E-state index contributed by atoms with van der Waals surface area (Å²) in [6.45, 7) is 2.41. The lowest BCUT2D eigenvalue weighted by molar-refractivity contribution is 0.176. The zero-order chi connectivity index (χ0) is 8.27. The van der Waals surface area contributed by atoms with Crippen LogP contribution in [0, 0.1) is 6.92 Å². The van der Waals surface area contributed by atoms with Crippen LogP contribution in [-0.2, 0) is 6.54 Å². The highest BCUT2D eigenvalue weighted by atomic mass is 35.5. The van der Waals surface area contributed by atoms with Gasteiger partial charge in [-0.3, -0.25) is 0 Å². The summed E-state index contributed by atoms with van der Waals surface area (Å²) in [6.07, 6.45) is 3.05. The highest BCUT2D eigenvalue weighted by Crippen LogP contribution is 1.98. The van der Waals surface area contributed by atoms with E-state index in [1.165, 1.54) is 0 Å². The third-order valence-corrected chi connectivity index (χ3v) is 1.87. The molecule has 0 saturated carbocycles. The van der Waals surface area contributed by atoms with Crippen LogP contribution in [0.15, 0.2) is 12.4 Å². The molecule has 0 amide bonds. The fraction of sp³-hybridized carbons (Fsp3) is 0.571. The molecule has 0 aromatic carbocycles. The average molecular weight is 175 g/mol. The third kappa shape index (κ3) is 2.20. The van der Waals surface area contributed by atoms with Gasteiger partial charge in [-0.15, -0.1) is 11.6 Å². The second-order valence-electron chi connectivity index (χ2n) is 2.43. The summed E-state index contributed by atoms with van der Waals surface area (Å²) in [5, 5.41) is 9.17. The van der Waals surface area contributed by atoms with Gasteiger partial charge in [-0.25, -0.2) is 4.98 Å². The molecule has 0 spiro atoms. The highest BCUT2D eigenvalue weighted by Gasteiger charge is 2.03. The van der Waals surface area contributed by atoms with E-state index >= 15 is 0 Å². The standard InChI is InChI=1S/C7H11ClN2O/c1-6-9-2-3-10(6)5-7(11)4-8/h2-3,7,11H,4-5H2,1H3/t7-/m1/s1. The van der Waals surface area contributed by atoms with Gasteiger partial charge in [-0.2, -0.15) is 0 Å². The summed E-state index contributed by atoms with van der Waals surface area (Å²) in [5.41, 5.74) is 0. The molecule has 0 saturated heterocycles. The number of aryl methyl sites for hydroxylation is 1. The smallest absolute Gasteiger partial charge is 0.105 e. The van der Waals surface area contributed by atoms with Crippen LogP contribution in [0.3, 0.4) is 0 Å². The topological polar surface area (TPSA) is 38.0 Å². The van der Waals surface area contributed by atoms with Crippen molar-refractivity contribution >= 4 is 11.6 Å². The summed E-state index contributed by atoms with van der Waals surface area (Å²) >= 11 is 5.44. The first-order chi connectivity index (χ1) is 5.24. The monoisotopic (exact) mass is 174 g/mol. The minimum absolute atomic E-state index is 0.262. The van der Waals surface area contributed by atoms with Gasteiger partial charge < -0.3 is 9.67 Å². The molecule has 0 bridgehead atoms. The van der Waals surface area contributed by atoms with Gasteiger partial charge in [0.15, 0.2) is 0 Å². The summed E-state index contributed by atoms with van der Waals surface area (Å²) in [5.74, 6) is 1.16. The zero-order valence-corrected chi connectivity index (χ0v) is 7.12. The Kier molecular flexibility index (Phi) is 2.91. The number of hydrogen-bond acceptors (Lipinski definition) is 2. The van der Waals surface area contributed by atoms with Crippen LogP contribution >= 0.6 is 11.6 Å². The quantitative estimate of drug-likeness (QED) is 0.689. The minimum atomic E-state index is -0.482. The molecule has 0 fully saturated rings. The second-order valence-corrected chi connectivity index (χ2v) is 2.74. The summed E-state index contributed by atoms with van der Waals surface area (Å²) in [6, 6.07) is 0. The molecule has 3 nitrogen and oxygen atoms in total. The van der Waals surface area contributed by atoms with E-state index in [1.54, 1.807) is 6.20 Å². The molecule has 1 heterocycles. The van der Waals surface area contributed by atoms with Gasteiger partial charge in [-0.1, -0.05) is 0 Å². The van der Waals surface area contributed by atoms with Crippen LogP contribution in [0.25, 0.3) is 0 Å². The molecule has 1 atom stereocenters. The van der Waals surface area contributed by atoms with Crippen molar-refractivity contribution in [2.75, 3.05) is 5.88 Å². The third-order valence-electron chi connectivity index (χ3n) is 1.51. The number of hydrogen-bond donors (Lipinski definition) is 1. The van der Waals surface area contributed by atoms with E-state index in [4.69, 9.17) is 11.6 Å². The molecule has 1 aromatic rings. The summed E-state index contributed by atoms with van der Waals surface area (Å²) in [7, 11) is 0. The Hall–Kier alpha value is -0.540. The Morgan fingerprint density at radius 1 is 1.82 bits per heavy atom. The normalized spacial score (nSPS) is 13.4. The lowest BCUT2D eigenvalue weighted by Gasteiger charge is -2.08. The molecule has 1 aromatic heterocycles. The van der Waals surface area contributed by atoms with E-state index < -0.39 is 6.10 Å². The molecule has 0 radical (unpaired) electrons. The lowest BCUT2D eigenvalue weighted by atomic mass is 10.4. The molecule has 4 heteroatoms. The van der Waals surface area contributed by atoms with E-state index in [-0.39, 0.29) is 5.88 Å². The number of aliphatic hydroxyl groups is 1. The minimum Gasteiger partial charge on any atom is -0.390 e. The second kappa shape index (κ2) is 3.74. The fourth-order valence-corrected chi connectivity index (χ4v) is 0.970. The predicted molar refractivity (Wildman–Crippen MR) is 43.7 cm³/mol. The molecule has 1 N–H and O–H groups in total. The van der Waals surface area contributed by atoms with Crippen molar-refractivity contribution in [2.24, 2.45) is 0 Å². The SMILES string of the molecule is Cc1nccn1C[C@H](O)CCl. The van der Waals surface area contributed by atoms with E-state index in [1.807, 2.05) is 17.7 Å². The molecule has 0 unspecified atom stereocenters. The van der Waals surface area contributed by atoms with Crippen LogP contribution in [-0.4, -0.2) is 26.6 Å². The van der Waals surface area contributed by atoms with Gasteiger partial charge in [-0.05, 0) is 6.92 Å². The van der Waals surface area contributed by atoms with E-state index in [9.17, 15) is 5.11 Å². The zero-order valence-electron chi connectivity index (χ0n) is 6.37. The molecular weight excluding hydrogens is 164 g/mol. The predicted octanol–water partition coefficient (Wildman–Crippen LogP) is 0.791. The Morgan fingerprint density at radius 3 is 3.00 bits per heavy atom. The van der Waals surface area contributed by atoms with Crippen LogP contribution in [0.4, 0.5) is 0 Å². The number of halogens is 1. The first kappa shape index (κ1) is 8.56. The Labute approximate surface area is 70.6 Å². The first-order valence-corrected chi connectivity index (χ1v) is 3.99. The number of alkyl halides is 1. The summed E-state index contributed by atoms with van der Waals surface area (Å²) < 4.78 is 1.87. The largest absolute Gasteiger partial charge is 0.390 e. The number of aliphatic hydroxyl groups excluding tert-OH is 1. The van der Waals surface area contributed by atoms with Crippen molar-refractivity contribution in [3.63, 3.8) is 0 Å². The number of aromatic nitrogens is 2. The number of rotatable bonds is 3. The lowest BCUT2D eigenvalue weighted by Crippen LogP contribution is -2.17. The summed E-state index contributed by atoms with van der Waals surface area (Å²) in [4.78, 5) is 4.01. The van der Waals surface area contributed by atoms with Gasteiger partial charge in [0.2, 0.25) is 0 Å². The van der Waals surface area contributed by atoms with Gasteiger partial charge in [0.1, 0.15) is 5.82 Å². The molecule has 62 valence electrons. The number of imidazole rings is 1. The van der Waals surface area contributed by atoms with Crippen molar-refractivity contribution in [1.82, 2.24) is 9.55 Å². The van der Waals surface area contributed by atoms with Crippen LogP contribution in [0.1, 0.15) is 5.82 Å². The van der Waals surface area contributed by atoms with Crippen molar-refractivity contribution < 1.29 is 5.11 Å². The Morgan fingerprint density at radius 2 is 2.55 bits per heavy atom. The molecule has 0 aliphatic rings. The Balaban J connectivity index is 2.56. The average Bonchev–Trinajstić information content (AvgIpc) is 2.37. The maximum atomic E-state index is 9.17. The van der Waals surface area contributed by atoms with Crippen molar-refractivity contribution in [2.45, 2.75) is 19.6 Å². The van der Waals surface area contributed by atoms with Crippen molar-refractivity contribution in [3.05, 3.63) is 18.2 Å². The Bertz CT molecular complexity index is 224. The fourth-order valence-electron chi connectivity index (χ4n) is 0.873. The van der Waals surface area contributed by atoms with E-state index in [2.05, 4.69) is 4.98 Å². The van der Waals surface area contributed by atoms with Gasteiger partial charge in [0, 0.05) is 12.4 Å². The molecule has 11 heavy (non-hydrogen) atoms. The van der Waals surface area contributed by atoms with Gasteiger partial charge in [0.05, 0.1) is 18.5 Å². The van der Waals surface area contributed by atoms with Crippen molar-refractivity contribution in [3.8, 4) is 0 Å². The maximum Gasteiger partial charge on any atom is 0.105 e. The van der Waals surface area contributed by atoms with Gasteiger partial charge >= 0.3 is 0 Å². The van der Waals surface area contributed by atoms with Crippen molar-refractivity contribution in [1.29, 1.82) is 0 Å². The van der Waals surface area contributed by atoms with Crippen LogP contribution in [0.5, 0.6) is 0 Å². The van der Waals surface area contributed by atoms with E-state index in [0.29, 0.717) is 6.54 Å². The van der Waals surface area contributed by atoms with E-state index in [0.717, 1.165) is 5.82 Å². The molecule has 1 rings (SSSR count). The maximum absolute atomic E-state index is 9.17. The first-order valence-electron chi connectivity index (χ1n) is 3.46.